The molecule has 18 heavy (non-hydrogen) atoms. The number of carboxylic acid groups (broad SMARTS) is 1. The fraction of sp³-hybridized carbons (Fsp3) is 0.143. The monoisotopic (exact) mass is 243 g/mol. The quantitative estimate of drug-likeness (QED) is 0.899. The molecule has 1 aromatic carbocycles. The standard InChI is InChI=1S/C14H13NO3/c1-9-4-3-5-13(10(9)2)18-12-6-11(14(16)17)7-15-8-12/h3-8H,1-2H3,(H,16,17). The Morgan fingerprint density at radius 3 is 2.78 bits per heavy atom. The molecule has 1 N–H and O–H groups in total. The van der Waals surface area contributed by atoms with Crippen molar-refractivity contribution in [3.8, 4) is 11.5 Å². The number of carboxylic acids is 1. The molecule has 2 rings (SSSR count). The molecule has 4 heteroatoms. The molecule has 0 bridgehead atoms. The normalized spacial score (nSPS) is 10.1. The number of benzene rings is 1. The Kier molecular flexibility index (Phi) is 3.28. The van der Waals surface area contributed by atoms with Crippen LogP contribution in [-0.2, 0) is 0 Å². The maximum atomic E-state index is 10.8. The lowest BCUT2D eigenvalue weighted by molar-refractivity contribution is 0.0696. The zero-order valence-corrected chi connectivity index (χ0v) is 10.2. The first kappa shape index (κ1) is 12.1. The van der Waals surface area contributed by atoms with E-state index in [4.69, 9.17) is 9.84 Å². The Labute approximate surface area is 105 Å². The third-order valence-electron chi connectivity index (χ3n) is 2.74. The van der Waals surface area contributed by atoms with Crippen LogP contribution < -0.4 is 4.74 Å². The van der Waals surface area contributed by atoms with Crippen LogP contribution in [0, 0.1) is 13.8 Å². The van der Waals surface area contributed by atoms with Gasteiger partial charge in [0.15, 0.2) is 0 Å². The van der Waals surface area contributed by atoms with E-state index in [1.807, 2.05) is 32.0 Å². The molecule has 0 atom stereocenters. The van der Waals surface area contributed by atoms with Crippen LogP contribution in [0.3, 0.4) is 0 Å². The Morgan fingerprint density at radius 2 is 2.06 bits per heavy atom. The Bertz CT molecular complexity index is 593. The first-order valence-corrected chi connectivity index (χ1v) is 5.50. The molecule has 0 fully saturated rings. The van der Waals surface area contributed by atoms with Crippen LogP contribution >= 0.6 is 0 Å². The molecule has 0 spiro atoms. The van der Waals surface area contributed by atoms with Crippen molar-refractivity contribution >= 4 is 5.97 Å². The molecule has 4 nitrogen and oxygen atoms in total. The number of hydrogen-bond donors (Lipinski definition) is 1. The van der Waals surface area contributed by atoms with E-state index in [9.17, 15) is 4.79 Å². The summed E-state index contributed by atoms with van der Waals surface area (Å²) in [5.74, 6) is 0.108. The number of aromatic carboxylic acids is 1. The van der Waals surface area contributed by atoms with E-state index in [1.165, 1.54) is 18.5 Å². The molecule has 0 unspecified atom stereocenters. The molecular formula is C14H13NO3. The Morgan fingerprint density at radius 1 is 1.28 bits per heavy atom. The molecule has 0 saturated heterocycles. The number of nitrogens with zero attached hydrogens (tertiary/aromatic N) is 1. The molecule has 2 aromatic rings. The van der Waals surface area contributed by atoms with E-state index in [2.05, 4.69) is 4.98 Å². The molecule has 0 radical (unpaired) electrons. The minimum Gasteiger partial charge on any atom is -0.478 e. The Hall–Kier alpha value is -2.36. The number of rotatable bonds is 3. The maximum absolute atomic E-state index is 10.8. The summed E-state index contributed by atoms with van der Waals surface area (Å²) in [7, 11) is 0. The van der Waals surface area contributed by atoms with E-state index in [1.54, 1.807) is 0 Å². The van der Waals surface area contributed by atoms with Crippen LogP contribution in [0.5, 0.6) is 11.5 Å². The smallest absolute Gasteiger partial charge is 0.337 e. The largest absolute Gasteiger partial charge is 0.478 e. The number of ether oxygens (including phenoxy) is 1. The number of pyridine rings is 1. The van der Waals surface area contributed by atoms with Crippen LogP contribution in [0.1, 0.15) is 21.5 Å². The SMILES string of the molecule is Cc1cccc(Oc2cncc(C(=O)O)c2)c1C. The first-order chi connectivity index (χ1) is 8.58. The summed E-state index contributed by atoms with van der Waals surface area (Å²) in [4.78, 5) is 14.7. The van der Waals surface area contributed by atoms with Crippen molar-refractivity contribution in [3.63, 3.8) is 0 Å². The lowest BCUT2D eigenvalue weighted by atomic mass is 10.1. The first-order valence-electron chi connectivity index (χ1n) is 5.50. The van der Waals surface area contributed by atoms with Gasteiger partial charge in [0.1, 0.15) is 11.5 Å². The van der Waals surface area contributed by atoms with Gasteiger partial charge in [-0.25, -0.2) is 4.79 Å². The highest BCUT2D eigenvalue weighted by Gasteiger charge is 2.07. The highest BCUT2D eigenvalue weighted by Crippen LogP contribution is 2.26. The molecule has 1 heterocycles. The van der Waals surface area contributed by atoms with Crippen LogP contribution in [0.2, 0.25) is 0 Å². The van der Waals surface area contributed by atoms with Gasteiger partial charge < -0.3 is 9.84 Å². The fourth-order valence-electron chi connectivity index (χ4n) is 1.55. The van der Waals surface area contributed by atoms with Crippen molar-refractivity contribution in [2.24, 2.45) is 0 Å². The summed E-state index contributed by atoms with van der Waals surface area (Å²) in [6.45, 7) is 3.95. The third-order valence-corrected chi connectivity index (χ3v) is 2.74. The van der Waals surface area contributed by atoms with Gasteiger partial charge in [-0.05, 0) is 37.1 Å². The molecule has 0 aliphatic rings. The number of hydrogen-bond acceptors (Lipinski definition) is 3. The summed E-state index contributed by atoms with van der Waals surface area (Å²) in [5, 5.41) is 8.88. The molecule has 92 valence electrons. The van der Waals surface area contributed by atoms with Gasteiger partial charge in [0, 0.05) is 6.20 Å². The zero-order chi connectivity index (χ0) is 13.1. The summed E-state index contributed by atoms with van der Waals surface area (Å²) in [6, 6.07) is 7.19. The number of carbonyl (C=O) groups is 1. The molecule has 0 aliphatic heterocycles. The topological polar surface area (TPSA) is 59.4 Å². The van der Waals surface area contributed by atoms with E-state index in [-0.39, 0.29) is 5.56 Å². The Balaban J connectivity index is 2.31. The van der Waals surface area contributed by atoms with Gasteiger partial charge in [-0.2, -0.15) is 0 Å². The van der Waals surface area contributed by atoms with Gasteiger partial charge in [-0.1, -0.05) is 12.1 Å². The van der Waals surface area contributed by atoms with Crippen molar-refractivity contribution < 1.29 is 14.6 Å². The van der Waals surface area contributed by atoms with Gasteiger partial charge in [-0.3, -0.25) is 4.98 Å². The second-order valence-electron chi connectivity index (χ2n) is 4.01. The van der Waals surface area contributed by atoms with Gasteiger partial charge in [0.2, 0.25) is 0 Å². The van der Waals surface area contributed by atoms with E-state index < -0.39 is 5.97 Å². The molecule has 0 aliphatic carbocycles. The predicted octanol–water partition coefficient (Wildman–Crippen LogP) is 3.19. The zero-order valence-electron chi connectivity index (χ0n) is 10.2. The van der Waals surface area contributed by atoms with Crippen molar-refractivity contribution in [1.82, 2.24) is 4.98 Å². The average Bonchev–Trinajstić information content (AvgIpc) is 2.35. The predicted molar refractivity (Wildman–Crippen MR) is 67.2 cm³/mol. The highest BCUT2D eigenvalue weighted by atomic mass is 16.5. The highest BCUT2D eigenvalue weighted by molar-refractivity contribution is 5.87. The lowest BCUT2D eigenvalue weighted by Crippen LogP contribution is -1.98. The lowest BCUT2D eigenvalue weighted by Gasteiger charge is -2.10. The molecule has 0 saturated carbocycles. The summed E-state index contributed by atoms with van der Waals surface area (Å²) >= 11 is 0. The summed E-state index contributed by atoms with van der Waals surface area (Å²) in [5.41, 5.74) is 2.26. The minimum absolute atomic E-state index is 0.109. The van der Waals surface area contributed by atoms with Crippen LogP contribution in [0.4, 0.5) is 0 Å². The van der Waals surface area contributed by atoms with Crippen molar-refractivity contribution in [1.29, 1.82) is 0 Å². The van der Waals surface area contributed by atoms with E-state index in [0.29, 0.717) is 11.5 Å². The van der Waals surface area contributed by atoms with Crippen molar-refractivity contribution in [3.05, 3.63) is 53.3 Å². The van der Waals surface area contributed by atoms with Gasteiger partial charge in [-0.15, -0.1) is 0 Å². The molecule has 0 amide bonds. The average molecular weight is 243 g/mol. The van der Waals surface area contributed by atoms with Gasteiger partial charge >= 0.3 is 5.97 Å². The second kappa shape index (κ2) is 4.87. The fourth-order valence-corrected chi connectivity index (χ4v) is 1.55. The number of aryl methyl sites for hydroxylation is 1. The van der Waals surface area contributed by atoms with Gasteiger partial charge in [0.25, 0.3) is 0 Å². The van der Waals surface area contributed by atoms with Crippen LogP contribution in [0.25, 0.3) is 0 Å². The van der Waals surface area contributed by atoms with Crippen LogP contribution in [0.15, 0.2) is 36.7 Å². The summed E-state index contributed by atoms with van der Waals surface area (Å²) < 4.78 is 5.65. The number of aromatic nitrogens is 1. The van der Waals surface area contributed by atoms with Gasteiger partial charge in [0.05, 0.1) is 11.8 Å². The van der Waals surface area contributed by atoms with E-state index >= 15 is 0 Å². The molecular weight excluding hydrogens is 230 g/mol. The van der Waals surface area contributed by atoms with Crippen LogP contribution in [-0.4, -0.2) is 16.1 Å². The van der Waals surface area contributed by atoms with Crippen molar-refractivity contribution in [2.45, 2.75) is 13.8 Å². The summed E-state index contributed by atoms with van der Waals surface area (Å²) in [6.07, 6.45) is 2.78. The minimum atomic E-state index is -1.02. The molecule has 1 aromatic heterocycles. The third kappa shape index (κ3) is 2.48. The maximum Gasteiger partial charge on any atom is 0.337 e. The van der Waals surface area contributed by atoms with E-state index in [0.717, 1.165) is 11.1 Å². The second-order valence-corrected chi connectivity index (χ2v) is 4.01. The van der Waals surface area contributed by atoms with Crippen molar-refractivity contribution in [2.75, 3.05) is 0 Å².